The van der Waals surface area contributed by atoms with E-state index in [9.17, 15) is 4.57 Å². The molecule has 3 nitrogen and oxygen atoms in total. The Bertz CT molecular complexity index is 118. The van der Waals surface area contributed by atoms with Crippen LogP contribution in [0.3, 0.4) is 0 Å². The van der Waals surface area contributed by atoms with Gasteiger partial charge in [-0.05, 0) is 11.5 Å². The predicted molar refractivity (Wildman–Crippen MR) is 29.7 cm³/mol. The first-order valence-corrected chi connectivity index (χ1v) is 3.62. The van der Waals surface area contributed by atoms with E-state index >= 15 is 0 Å². The van der Waals surface area contributed by atoms with Gasteiger partial charge in [0.25, 0.3) is 6.16 Å². The molecule has 0 aromatic heterocycles. The second-order valence-corrected chi connectivity index (χ2v) is 2.31. The van der Waals surface area contributed by atoms with Crippen LogP contribution in [0.5, 0.6) is 0 Å². The van der Waals surface area contributed by atoms with Gasteiger partial charge in [-0.3, -0.25) is 0 Å². The van der Waals surface area contributed by atoms with Crippen molar-refractivity contribution in [2.75, 3.05) is 12.8 Å². The van der Waals surface area contributed by atoms with Crippen LogP contribution in [0.4, 0.5) is 0 Å². The molecule has 0 aliphatic rings. The van der Waals surface area contributed by atoms with E-state index in [0.717, 1.165) is 0 Å². The van der Waals surface area contributed by atoms with E-state index in [1.165, 1.54) is 0 Å². The van der Waals surface area contributed by atoms with Crippen LogP contribution in [0.25, 0.3) is 0 Å². The summed E-state index contributed by atoms with van der Waals surface area (Å²) in [6, 6.07) is 1.74. The van der Waals surface area contributed by atoms with Crippen LogP contribution < -0.4 is 0 Å². The lowest BCUT2D eigenvalue weighted by atomic mass is 10.9. The normalized spacial score (nSPS) is 10.2. The molecule has 0 aromatic carbocycles. The van der Waals surface area contributed by atoms with Crippen LogP contribution in [0.15, 0.2) is 0 Å². The predicted octanol–water partition coefficient (Wildman–Crippen LogP) is 1.29. The van der Waals surface area contributed by atoms with E-state index < -0.39 is 8.03 Å². The molecule has 44 valence electrons. The molecule has 0 N–H and O–H groups in total. The van der Waals surface area contributed by atoms with Crippen LogP contribution in [0.1, 0.15) is 6.92 Å². The van der Waals surface area contributed by atoms with E-state index in [1.807, 2.05) is 0 Å². The first kappa shape index (κ1) is 7.55. The summed E-state index contributed by atoms with van der Waals surface area (Å²) in [5, 5.41) is 7.95. The van der Waals surface area contributed by atoms with Gasteiger partial charge in [0.2, 0.25) is 0 Å². The lowest BCUT2D eigenvalue weighted by molar-refractivity contribution is 0.352. The zero-order valence-corrected chi connectivity index (χ0v) is 5.52. The Morgan fingerprint density at radius 2 is 2.50 bits per heavy atom. The maximum Gasteiger partial charge on any atom is 0.523 e. The zero-order chi connectivity index (χ0) is 6.41. The maximum absolute atomic E-state index is 10.3. The number of nitriles is 1. The van der Waals surface area contributed by atoms with Gasteiger partial charge in [-0.15, -0.1) is 4.52 Å². The molecule has 0 amide bonds. The van der Waals surface area contributed by atoms with E-state index in [4.69, 9.17) is 5.26 Å². The first-order chi connectivity index (χ1) is 3.81. The third-order valence-electron chi connectivity index (χ3n) is 0.473. The van der Waals surface area contributed by atoms with Crippen LogP contribution >= 0.6 is 8.03 Å². The van der Waals surface area contributed by atoms with Crippen molar-refractivity contribution >= 4 is 8.03 Å². The summed E-state index contributed by atoms with van der Waals surface area (Å²) in [7, 11) is -1.69. The summed E-state index contributed by atoms with van der Waals surface area (Å²) < 4.78 is 14.9. The highest BCUT2D eigenvalue weighted by atomic mass is 31.1. The van der Waals surface area contributed by atoms with Crippen molar-refractivity contribution < 1.29 is 9.09 Å². The van der Waals surface area contributed by atoms with Gasteiger partial charge >= 0.3 is 8.03 Å². The third kappa shape index (κ3) is 3.73. The minimum atomic E-state index is -1.69. The molecule has 0 saturated carbocycles. The largest absolute Gasteiger partial charge is 0.523 e. The molecular formula is C4H7NO2P+. The molecule has 0 aliphatic heterocycles. The topological polar surface area (TPSA) is 50.1 Å². The molecule has 1 atom stereocenters. The second kappa shape index (κ2) is 4.70. The SMILES string of the molecule is CCO[P+](=O)CC#N. The fourth-order valence-electron chi connectivity index (χ4n) is 0.247. The van der Waals surface area contributed by atoms with Crippen LogP contribution in [-0.2, 0) is 9.09 Å². The van der Waals surface area contributed by atoms with Crippen molar-refractivity contribution in [1.29, 1.82) is 5.26 Å². The lowest BCUT2D eigenvalue weighted by Crippen LogP contribution is -1.78. The molecule has 0 radical (unpaired) electrons. The highest BCUT2D eigenvalue weighted by Gasteiger charge is 2.13. The molecule has 0 aliphatic carbocycles. The molecule has 0 fully saturated rings. The van der Waals surface area contributed by atoms with Gasteiger partial charge in [0.15, 0.2) is 0 Å². The van der Waals surface area contributed by atoms with E-state index in [2.05, 4.69) is 4.52 Å². The number of hydrogen-bond acceptors (Lipinski definition) is 3. The zero-order valence-electron chi connectivity index (χ0n) is 4.63. The standard InChI is InChI=1S/C4H7NO2P/c1-2-7-8(6)4-3-5/h2,4H2,1H3/q+1. The van der Waals surface area contributed by atoms with Gasteiger partial charge in [0.05, 0.1) is 6.61 Å². The molecule has 0 saturated heterocycles. The Kier molecular flexibility index (Phi) is 4.44. The number of rotatable bonds is 3. The average molecular weight is 132 g/mol. The van der Waals surface area contributed by atoms with E-state index in [1.54, 1.807) is 13.0 Å². The van der Waals surface area contributed by atoms with Gasteiger partial charge in [-0.25, -0.2) is 0 Å². The maximum atomic E-state index is 10.3. The summed E-state index contributed by atoms with van der Waals surface area (Å²) in [6.45, 7) is 2.15. The van der Waals surface area contributed by atoms with Crippen molar-refractivity contribution in [3.8, 4) is 6.07 Å². The molecule has 0 bridgehead atoms. The van der Waals surface area contributed by atoms with E-state index in [-0.39, 0.29) is 6.16 Å². The van der Waals surface area contributed by atoms with Gasteiger partial charge in [-0.2, -0.15) is 5.26 Å². The van der Waals surface area contributed by atoms with Crippen molar-refractivity contribution in [2.24, 2.45) is 0 Å². The second-order valence-electron chi connectivity index (χ2n) is 1.07. The fraction of sp³-hybridized carbons (Fsp3) is 0.750. The van der Waals surface area contributed by atoms with E-state index in [0.29, 0.717) is 6.61 Å². The minimum absolute atomic E-state index is 0.00315. The molecule has 0 heterocycles. The molecule has 0 spiro atoms. The Morgan fingerprint density at radius 3 is 2.88 bits per heavy atom. The number of nitrogens with zero attached hydrogens (tertiary/aromatic N) is 1. The molecular weight excluding hydrogens is 125 g/mol. The smallest absolute Gasteiger partial charge is 0.193 e. The molecule has 1 unspecified atom stereocenters. The third-order valence-corrected chi connectivity index (χ3v) is 1.42. The number of hydrogen-bond donors (Lipinski definition) is 0. The molecule has 0 rings (SSSR count). The van der Waals surface area contributed by atoms with Gasteiger partial charge in [0, 0.05) is 0 Å². The highest BCUT2D eigenvalue weighted by Crippen LogP contribution is 2.19. The molecule has 4 heteroatoms. The van der Waals surface area contributed by atoms with Gasteiger partial charge < -0.3 is 0 Å². The minimum Gasteiger partial charge on any atom is -0.193 e. The Balaban J connectivity index is 3.23. The Hall–Kier alpha value is -0.450. The monoisotopic (exact) mass is 132 g/mol. The molecule has 8 heavy (non-hydrogen) atoms. The average Bonchev–Trinajstić information content (AvgIpc) is 1.68. The fourth-order valence-corrected chi connectivity index (χ4v) is 0.742. The summed E-state index contributed by atoms with van der Waals surface area (Å²) in [5.41, 5.74) is 0. The highest BCUT2D eigenvalue weighted by molar-refractivity contribution is 7.39. The van der Waals surface area contributed by atoms with Crippen LogP contribution in [-0.4, -0.2) is 12.8 Å². The lowest BCUT2D eigenvalue weighted by Gasteiger charge is -1.74. The first-order valence-electron chi connectivity index (χ1n) is 2.25. The van der Waals surface area contributed by atoms with Crippen molar-refractivity contribution in [2.45, 2.75) is 6.92 Å². The summed E-state index contributed by atoms with van der Waals surface area (Å²) >= 11 is 0. The Morgan fingerprint density at radius 1 is 1.88 bits per heavy atom. The van der Waals surface area contributed by atoms with Gasteiger partial charge in [-0.1, -0.05) is 0 Å². The van der Waals surface area contributed by atoms with Crippen LogP contribution in [0.2, 0.25) is 0 Å². The van der Waals surface area contributed by atoms with Crippen molar-refractivity contribution in [1.82, 2.24) is 0 Å². The van der Waals surface area contributed by atoms with Crippen LogP contribution in [0, 0.1) is 11.3 Å². The van der Waals surface area contributed by atoms with Crippen molar-refractivity contribution in [3.05, 3.63) is 0 Å². The summed E-state index contributed by atoms with van der Waals surface area (Å²) in [5.74, 6) is 0. The van der Waals surface area contributed by atoms with Gasteiger partial charge in [0.1, 0.15) is 6.07 Å². The summed E-state index contributed by atoms with van der Waals surface area (Å²) in [6.07, 6.45) is 0.00315. The Labute approximate surface area is 49.1 Å². The van der Waals surface area contributed by atoms with Crippen molar-refractivity contribution in [3.63, 3.8) is 0 Å². The molecule has 0 aromatic rings. The summed E-state index contributed by atoms with van der Waals surface area (Å²) in [4.78, 5) is 0. The quantitative estimate of drug-likeness (QED) is 0.543.